The number of hydrogen-bond acceptors (Lipinski definition) is 3. The number of hydrogen-bond donors (Lipinski definition) is 3. The summed E-state index contributed by atoms with van der Waals surface area (Å²) in [5.41, 5.74) is 2.45. The van der Waals surface area contributed by atoms with Crippen LogP contribution in [0, 0.1) is 5.92 Å². The Hall–Kier alpha value is -1.59. The predicted molar refractivity (Wildman–Crippen MR) is 105 cm³/mol. The van der Waals surface area contributed by atoms with Gasteiger partial charge in [0.05, 0.1) is 6.04 Å². The maximum Gasteiger partial charge on any atom is 0.243 e. The molecule has 1 heterocycles. The van der Waals surface area contributed by atoms with Gasteiger partial charge >= 0.3 is 0 Å². The molecule has 0 saturated heterocycles. The van der Waals surface area contributed by atoms with Crippen LogP contribution in [0.3, 0.4) is 0 Å². The highest BCUT2D eigenvalue weighted by Gasteiger charge is 2.31. The van der Waals surface area contributed by atoms with Gasteiger partial charge in [-0.05, 0) is 36.3 Å². The largest absolute Gasteiger partial charge is 0.352 e. The second kappa shape index (κ2) is 9.38. The fraction of sp³-hybridized carbons (Fsp3) is 0.600. The summed E-state index contributed by atoms with van der Waals surface area (Å²) in [6.07, 6.45) is 5.11. The Morgan fingerprint density at radius 1 is 1.12 bits per heavy atom. The van der Waals surface area contributed by atoms with Crippen LogP contribution >= 0.6 is 12.4 Å². The number of amides is 2. The molecule has 0 radical (unpaired) electrons. The molecular formula is C20H30ClN3O2. The van der Waals surface area contributed by atoms with E-state index in [2.05, 4.69) is 28.1 Å². The molecule has 26 heavy (non-hydrogen) atoms. The van der Waals surface area contributed by atoms with Gasteiger partial charge in [-0.1, -0.05) is 51.0 Å². The fourth-order valence-electron chi connectivity index (χ4n) is 3.79. The monoisotopic (exact) mass is 379 g/mol. The highest BCUT2D eigenvalue weighted by atomic mass is 35.5. The normalized spacial score (nSPS) is 20.8. The molecule has 2 aliphatic rings. The minimum Gasteiger partial charge on any atom is -0.352 e. The Balaban J connectivity index is 0.00000243. The van der Waals surface area contributed by atoms with Crippen molar-refractivity contribution in [3.8, 4) is 0 Å². The molecule has 6 heteroatoms. The summed E-state index contributed by atoms with van der Waals surface area (Å²) in [6, 6.07) is 7.69. The smallest absolute Gasteiger partial charge is 0.243 e. The molecule has 1 aromatic carbocycles. The molecule has 0 spiro atoms. The van der Waals surface area contributed by atoms with Crippen molar-refractivity contribution in [2.75, 3.05) is 0 Å². The highest BCUT2D eigenvalue weighted by molar-refractivity contribution is 5.90. The van der Waals surface area contributed by atoms with Crippen molar-refractivity contribution >= 4 is 24.2 Å². The molecule has 2 amide bonds. The van der Waals surface area contributed by atoms with Crippen molar-refractivity contribution in [3.63, 3.8) is 0 Å². The van der Waals surface area contributed by atoms with Gasteiger partial charge in [-0.3, -0.25) is 9.59 Å². The summed E-state index contributed by atoms with van der Waals surface area (Å²) < 4.78 is 0. The van der Waals surface area contributed by atoms with Gasteiger partial charge in [-0.15, -0.1) is 12.4 Å². The second-order valence-corrected chi connectivity index (χ2v) is 7.63. The third kappa shape index (κ3) is 4.98. The summed E-state index contributed by atoms with van der Waals surface area (Å²) in [5.74, 6) is -0.0811. The van der Waals surface area contributed by atoms with E-state index in [1.165, 1.54) is 24.0 Å². The minimum absolute atomic E-state index is 0. The standard InChI is InChI=1S/C20H29N3O2.ClH/c1-13(2)18(20(25)22-16-9-5-6-10-16)23-19(24)17-11-14-7-3-4-8-15(14)12-21-17;/h3-4,7-8,13,16-18,21H,5-6,9-12H2,1-2H3,(H,22,25)(H,23,24);1H/t17-,18+;/m0./s1. The van der Waals surface area contributed by atoms with Crippen LogP contribution < -0.4 is 16.0 Å². The van der Waals surface area contributed by atoms with Crippen LogP contribution in [-0.2, 0) is 22.6 Å². The Bertz CT molecular complexity index is 629. The molecule has 1 aliphatic heterocycles. The summed E-state index contributed by atoms with van der Waals surface area (Å²) in [6.45, 7) is 4.64. The first kappa shape index (κ1) is 20.7. The molecule has 144 valence electrons. The van der Waals surface area contributed by atoms with Crippen LogP contribution in [0.15, 0.2) is 24.3 Å². The quantitative estimate of drug-likeness (QED) is 0.735. The first-order valence-electron chi connectivity index (χ1n) is 9.45. The molecule has 0 bridgehead atoms. The van der Waals surface area contributed by atoms with Crippen molar-refractivity contribution in [2.45, 2.75) is 70.6 Å². The van der Waals surface area contributed by atoms with Crippen LogP contribution in [0.25, 0.3) is 0 Å². The number of carbonyl (C=O) groups excluding carboxylic acids is 2. The van der Waals surface area contributed by atoms with E-state index < -0.39 is 6.04 Å². The van der Waals surface area contributed by atoms with Gasteiger partial charge in [0, 0.05) is 12.6 Å². The molecule has 1 aromatic rings. The van der Waals surface area contributed by atoms with Crippen LogP contribution in [-0.4, -0.2) is 29.9 Å². The van der Waals surface area contributed by atoms with Crippen LogP contribution in [0.1, 0.15) is 50.7 Å². The molecule has 3 N–H and O–H groups in total. The Morgan fingerprint density at radius 3 is 2.42 bits per heavy atom. The molecule has 0 unspecified atom stereocenters. The zero-order valence-corrected chi connectivity index (χ0v) is 16.4. The van der Waals surface area contributed by atoms with E-state index in [0.29, 0.717) is 13.0 Å². The van der Waals surface area contributed by atoms with Gasteiger partial charge in [0.1, 0.15) is 6.04 Å². The van der Waals surface area contributed by atoms with E-state index in [4.69, 9.17) is 0 Å². The predicted octanol–water partition coefficient (Wildman–Crippen LogP) is 2.32. The van der Waals surface area contributed by atoms with E-state index in [1.54, 1.807) is 0 Å². The lowest BCUT2D eigenvalue weighted by molar-refractivity contribution is -0.131. The van der Waals surface area contributed by atoms with Gasteiger partial charge < -0.3 is 16.0 Å². The van der Waals surface area contributed by atoms with E-state index in [9.17, 15) is 9.59 Å². The number of fused-ring (bicyclic) bond motifs is 1. The Labute approximate surface area is 162 Å². The first-order chi connectivity index (χ1) is 12.0. The molecule has 2 atom stereocenters. The second-order valence-electron chi connectivity index (χ2n) is 7.63. The molecule has 1 aliphatic carbocycles. The molecule has 1 saturated carbocycles. The molecule has 1 fully saturated rings. The SMILES string of the molecule is CC(C)[C@@H](NC(=O)[C@@H]1Cc2ccccc2CN1)C(=O)NC1CCCC1.Cl. The zero-order chi connectivity index (χ0) is 17.8. The molecule has 5 nitrogen and oxygen atoms in total. The molecular weight excluding hydrogens is 350 g/mol. The highest BCUT2D eigenvalue weighted by Crippen LogP contribution is 2.19. The third-order valence-corrected chi connectivity index (χ3v) is 5.35. The van der Waals surface area contributed by atoms with E-state index in [0.717, 1.165) is 12.8 Å². The average molecular weight is 380 g/mol. The zero-order valence-electron chi connectivity index (χ0n) is 15.6. The van der Waals surface area contributed by atoms with Crippen molar-refractivity contribution in [3.05, 3.63) is 35.4 Å². The molecule has 0 aromatic heterocycles. The number of halogens is 1. The number of carbonyl (C=O) groups is 2. The summed E-state index contributed by atoms with van der Waals surface area (Å²) in [4.78, 5) is 25.3. The number of nitrogens with one attached hydrogen (secondary N) is 3. The third-order valence-electron chi connectivity index (χ3n) is 5.35. The summed E-state index contributed by atoms with van der Waals surface area (Å²) >= 11 is 0. The lowest BCUT2D eigenvalue weighted by Crippen LogP contribution is -2.56. The van der Waals surface area contributed by atoms with Crippen molar-refractivity contribution in [1.29, 1.82) is 0 Å². The molecule has 3 rings (SSSR count). The van der Waals surface area contributed by atoms with Crippen LogP contribution in [0.2, 0.25) is 0 Å². The van der Waals surface area contributed by atoms with Gasteiger partial charge in [-0.2, -0.15) is 0 Å². The van der Waals surface area contributed by atoms with Gasteiger partial charge in [0.15, 0.2) is 0 Å². The van der Waals surface area contributed by atoms with Gasteiger partial charge in [0.2, 0.25) is 11.8 Å². The first-order valence-corrected chi connectivity index (χ1v) is 9.45. The Morgan fingerprint density at radius 2 is 1.77 bits per heavy atom. The Kier molecular flexibility index (Phi) is 7.47. The van der Waals surface area contributed by atoms with Crippen molar-refractivity contribution in [2.24, 2.45) is 5.92 Å². The minimum atomic E-state index is -0.480. The fourth-order valence-corrected chi connectivity index (χ4v) is 3.79. The summed E-state index contributed by atoms with van der Waals surface area (Å²) in [5, 5.41) is 9.38. The van der Waals surface area contributed by atoms with E-state index in [-0.39, 0.29) is 42.2 Å². The number of benzene rings is 1. The lowest BCUT2D eigenvalue weighted by atomic mass is 9.94. The van der Waals surface area contributed by atoms with E-state index >= 15 is 0 Å². The van der Waals surface area contributed by atoms with Crippen molar-refractivity contribution < 1.29 is 9.59 Å². The number of rotatable bonds is 5. The van der Waals surface area contributed by atoms with Crippen LogP contribution in [0.4, 0.5) is 0 Å². The van der Waals surface area contributed by atoms with Gasteiger partial charge in [-0.25, -0.2) is 0 Å². The van der Waals surface area contributed by atoms with E-state index in [1.807, 2.05) is 26.0 Å². The topological polar surface area (TPSA) is 70.2 Å². The maximum absolute atomic E-state index is 12.7. The van der Waals surface area contributed by atoms with Gasteiger partial charge in [0.25, 0.3) is 0 Å². The maximum atomic E-state index is 12.7. The summed E-state index contributed by atoms with van der Waals surface area (Å²) in [7, 11) is 0. The van der Waals surface area contributed by atoms with Crippen LogP contribution in [0.5, 0.6) is 0 Å². The van der Waals surface area contributed by atoms with Crippen molar-refractivity contribution in [1.82, 2.24) is 16.0 Å². The lowest BCUT2D eigenvalue weighted by Gasteiger charge is -2.29. The average Bonchev–Trinajstić information content (AvgIpc) is 3.11.